The Morgan fingerprint density at radius 1 is 1.53 bits per heavy atom. The largest absolute Gasteiger partial charge is 0.349 e. The number of nitrogens with two attached hydrogens (primary N) is 1. The molecule has 1 aromatic rings. The van der Waals surface area contributed by atoms with Gasteiger partial charge in [0, 0.05) is 18.0 Å². The first-order chi connectivity index (χ1) is 8.74. The van der Waals surface area contributed by atoms with E-state index in [1.54, 1.807) is 6.92 Å². The average molecular weight is 284 g/mol. The molecule has 3 N–H and O–H groups in total. The van der Waals surface area contributed by atoms with E-state index in [9.17, 15) is 17.6 Å². The van der Waals surface area contributed by atoms with E-state index in [4.69, 9.17) is 11.6 Å². The van der Waals surface area contributed by atoms with Gasteiger partial charge < -0.3 is 5.32 Å². The Morgan fingerprint density at radius 3 is 2.68 bits per heavy atom. The third-order valence-corrected chi connectivity index (χ3v) is 3.16. The fourth-order valence-electron chi connectivity index (χ4n) is 1.39. The second kappa shape index (κ2) is 5.82. The Balaban J connectivity index is 3.05. The summed E-state index contributed by atoms with van der Waals surface area (Å²) in [5.41, 5.74) is -0.132. The van der Waals surface area contributed by atoms with Gasteiger partial charge in [0.1, 0.15) is 5.82 Å². The lowest BCUT2D eigenvalue weighted by atomic mass is 10.1. The molecule has 5 nitrogen and oxygen atoms in total. The van der Waals surface area contributed by atoms with E-state index in [1.165, 1.54) is 0 Å². The number of carbonyl (C=O) groups excluding carboxylic acids is 1. The molecule has 0 spiro atoms. The molecule has 7 heteroatoms. The van der Waals surface area contributed by atoms with Gasteiger partial charge in [-0.15, -0.1) is 12.3 Å². The second-order valence-electron chi connectivity index (χ2n) is 4.00. The lowest BCUT2D eigenvalue weighted by Crippen LogP contribution is -2.32. The van der Waals surface area contributed by atoms with Crippen molar-refractivity contribution in [2.24, 2.45) is 5.14 Å². The maximum atomic E-state index is 13.3. The minimum Gasteiger partial charge on any atom is -0.349 e. The first-order valence-electron chi connectivity index (χ1n) is 5.31. The number of amides is 1. The Hall–Kier alpha value is -1.91. The standard InChI is InChI=1S/C12H13FN2O3S/c1-3-4-8(2)15-12(16)9-5-10(13)7-11(6-9)19(14,17)18/h1,5-8H,4H2,2H3,(H,15,16)(H2,14,17,18). The molecule has 0 saturated carbocycles. The van der Waals surface area contributed by atoms with Gasteiger partial charge in [0.2, 0.25) is 10.0 Å². The number of nitrogens with one attached hydrogen (secondary N) is 1. The van der Waals surface area contributed by atoms with Crippen LogP contribution in [-0.2, 0) is 10.0 Å². The number of halogens is 1. The van der Waals surface area contributed by atoms with Crippen molar-refractivity contribution in [1.82, 2.24) is 5.32 Å². The number of primary sulfonamides is 1. The molecule has 102 valence electrons. The Bertz CT molecular complexity index is 635. The summed E-state index contributed by atoms with van der Waals surface area (Å²) < 4.78 is 35.5. The van der Waals surface area contributed by atoms with Crippen LogP contribution in [-0.4, -0.2) is 20.4 Å². The van der Waals surface area contributed by atoms with Crippen LogP contribution < -0.4 is 10.5 Å². The summed E-state index contributed by atoms with van der Waals surface area (Å²) in [5, 5.41) is 7.41. The predicted octanol–water partition coefficient (Wildman–Crippen LogP) is 0.615. The van der Waals surface area contributed by atoms with Gasteiger partial charge in [0.25, 0.3) is 5.91 Å². The number of hydrogen-bond acceptors (Lipinski definition) is 3. The van der Waals surface area contributed by atoms with Gasteiger partial charge in [0.15, 0.2) is 0 Å². The molecule has 0 bridgehead atoms. The second-order valence-corrected chi connectivity index (χ2v) is 5.56. The first kappa shape index (κ1) is 15.1. The number of hydrogen-bond donors (Lipinski definition) is 2. The van der Waals surface area contributed by atoms with Crippen molar-refractivity contribution in [2.75, 3.05) is 0 Å². The van der Waals surface area contributed by atoms with E-state index in [-0.39, 0.29) is 11.6 Å². The highest BCUT2D eigenvalue weighted by Crippen LogP contribution is 2.13. The molecule has 1 unspecified atom stereocenters. The summed E-state index contributed by atoms with van der Waals surface area (Å²) in [6.07, 6.45) is 5.40. The molecule has 0 aliphatic rings. The SMILES string of the molecule is C#CCC(C)NC(=O)c1cc(F)cc(S(N)(=O)=O)c1. The van der Waals surface area contributed by atoms with E-state index < -0.39 is 26.6 Å². The summed E-state index contributed by atoms with van der Waals surface area (Å²) in [6.45, 7) is 1.68. The van der Waals surface area contributed by atoms with Crippen molar-refractivity contribution in [3.05, 3.63) is 29.6 Å². The topological polar surface area (TPSA) is 89.3 Å². The molecule has 0 aromatic heterocycles. The highest BCUT2D eigenvalue weighted by Gasteiger charge is 2.15. The van der Waals surface area contributed by atoms with Gasteiger partial charge >= 0.3 is 0 Å². The predicted molar refractivity (Wildman–Crippen MR) is 68.2 cm³/mol. The van der Waals surface area contributed by atoms with Crippen LogP contribution >= 0.6 is 0 Å². The van der Waals surface area contributed by atoms with E-state index in [2.05, 4.69) is 11.2 Å². The van der Waals surface area contributed by atoms with Crippen LogP contribution in [0.25, 0.3) is 0 Å². The van der Waals surface area contributed by atoms with Crippen LogP contribution in [0.1, 0.15) is 23.7 Å². The minimum absolute atomic E-state index is 0.132. The van der Waals surface area contributed by atoms with Crippen LogP contribution in [0.2, 0.25) is 0 Å². The van der Waals surface area contributed by atoms with Crippen molar-refractivity contribution in [1.29, 1.82) is 0 Å². The molecule has 19 heavy (non-hydrogen) atoms. The molecule has 1 atom stereocenters. The first-order valence-corrected chi connectivity index (χ1v) is 6.86. The molecule has 1 rings (SSSR count). The van der Waals surface area contributed by atoms with Crippen LogP contribution in [0.5, 0.6) is 0 Å². The van der Waals surface area contributed by atoms with E-state index >= 15 is 0 Å². The molecular weight excluding hydrogens is 271 g/mol. The third kappa shape index (κ3) is 4.35. The summed E-state index contributed by atoms with van der Waals surface area (Å²) in [4.78, 5) is 11.3. The quantitative estimate of drug-likeness (QED) is 0.794. The zero-order chi connectivity index (χ0) is 14.6. The maximum absolute atomic E-state index is 13.3. The summed E-state index contributed by atoms with van der Waals surface area (Å²) in [6, 6.07) is 2.37. The van der Waals surface area contributed by atoms with Crippen LogP contribution in [0.4, 0.5) is 4.39 Å². The Kier molecular flexibility index (Phi) is 4.64. The van der Waals surface area contributed by atoms with Gasteiger partial charge in [0.05, 0.1) is 4.90 Å². The molecule has 0 radical (unpaired) electrons. The number of rotatable bonds is 4. The van der Waals surface area contributed by atoms with E-state index in [0.717, 1.165) is 18.2 Å². The summed E-state index contributed by atoms with van der Waals surface area (Å²) >= 11 is 0. The lowest BCUT2D eigenvalue weighted by molar-refractivity contribution is 0.0940. The van der Waals surface area contributed by atoms with Gasteiger partial charge in [-0.2, -0.15) is 0 Å². The fraction of sp³-hybridized carbons (Fsp3) is 0.250. The Morgan fingerprint density at radius 2 is 2.16 bits per heavy atom. The molecule has 0 fully saturated rings. The molecule has 1 amide bonds. The zero-order valence-electron chi connectivity index (χ0n) is 10.2. The van der Waals surface area contributed by atoms with E-state index in [0.29, 0.717) is 6.42 Å². The van der Waals surface area contributed by atoms with Crippen LogP contribution in [0.3, 0.4) is 0 Å². The monoisotopic (exact) mass is 284 g/mol. The fourth-order valence-corrected chi connectivity index (χ4v) is 1.96. The number of terminal acetylenes is 1. The Labute approximate surface area is 111 Å². The van der Waals surface area contributed by atoms with Gasteiger partial charge in [-0.05, 0) is 25.1 Å². The highest BCUT2D eigenvalue weighted by atomic mass is 32.2. The van der Waals surface area contributed by atoms with Crippen molar-refractivity contribution < 1.29 is 17.6 Å². The van der Waals surface area contributed by atoms with Gasteiger partial charge in [-0.3, -0.25) is 4.79 Å². The van der Waals surface area contributed by atoms with Crippen molar-refractivity contribution in [3.8, 4) is 12.3 Å². The third-order valence-electron chi connectivity index (χ3n) is 2.26. The molecule has 0 heterocycles. The van der Waals surface area contributed by atoms with Crippen LogP contribution in [0.15, 0.2) is 23.1 Å². The summed E-state index contributed by atoms with van der Waals surface area (Å²) in [5.74, 6) is 0.888. The minimum atomic E-state index is -4.07. The normalized spacial score (nSPS) is 12.5. The maximum Gasteiger partial charge on any atom is 0.251 e. The molecular formula is C12H13FN2O3S. The lowest BCUT2D eigenvalue weighted by Gasteiger charge is -2.11. The zero-order valence-corrected chi connectivity index (χ0v) is 11.0. The molecule has 1 aromatic carbocycles. The van der Waals surface area contributed by atoms with Gasteiger partial charge in [-0.25, -0.2) is 17.9 Å². The number of sulfonamides is 1. The van der Waals surface area contributed by atoms with Gasteiger partial charge in [-0.1, -0.05) is 0 Å². The molecule has 0 aliphatic carbocycles. The van der Waals surface area contributed by atoms with E-state index in [1.807, 2.05) is 0 Å². The van der Waals surface area contributed by atoms with Crippen molar-refractivity contribution >= 4 is 15.9 Å². The molecule has 0 aliphatic heterocycles. The average Bonchev–Trinajstić information content (AvgIpc) is 2.27. The van der Waals surface area contributed by atoms with Crippen LogP contribution in [0, 0.1) is 18.2 Å². The summed E-state index contributed by atoms with van der Waals surface area (Å²) in [7, 11) is -4.07. The smallest absolute Gasteiger partial charge is 0.251 e. The highest BCUT2D eigenvalue weighted by molar-refractivity contribution is 7.89. The number of benzene rings is 1. The number of carbonyl (C=O) groups is 1. The van der Waals surface area contributed by atoms with Crippen molar-refractivity contribution in [2.45, 2.75) is 24.3 Å². The van der Waals surface area contributed by atoms with Crippen molar-refractivity contribution in [3.63, 3.8) is 0 Å². The molecule has 0 saturated heterocycles.